The second-order valence-corrected chi connectivity index (χ2v) is 13.9. The molecule has 5 rings (SSSR count). The summed E-state index contributed by atoms with van der Waals surface area (Å²) in [5.41, 5.74) is 0.00595. The fourth-order valence-electron chi connectivity index (χ4n) is 7.21. The standard InChI is InChI=1S/C32H39Cl2FN4O3/c1-19(40)38-14-11-20(12-15-38)10-13-36-30(42)39-26-16-22(33)8-9-24(26)32(29(39)41)21(17-31(2,3)4)18-37-28(32)23-6-5-7-25(34)27(23)35/h5-9,16,20-21,28,37H,10-15,17-18H2,1-4H3,(H,36,42)/t21-,28-,32+/m1/s1. The number of nitrogens with zero attached hydrogens (tertiary/aromatic N) is 2. The second-order valence-electron chi connectivity index (χ2n) is 13.1. The van der Waals surface area contributed by atoms with Gasteiger partial charge in [0.15, 0.2) is 0 Å². The highest BCUT2D eigenvalue weighted by molar-refractivity contribution is 6.32. The summed E-state index contributed by atoms with van der Waals surface area (Å²) in [7, 11) is 0. The number of hydrogen-bond acceptors (Lipinski definition) is 4. The monoisotopic (exact) mass is 616 g/mol. The maximum absolute atomic E-state index is 15.6. The molecular weight excluding hydrogens is 578 g/mol. The van der Waals surface area contributed by atoms with Gasteiger partial charge in [0.2, 0.25) is 11.8 Å². The molecule has 0 aromatic heterocycles. The molecule has 226 valence electrons. The van der Waals surface area contributed by atoms with Crippen LogP contribution in [0.1, 0.15) is 70.5 Å². The average molecular weight is 618 g/mol. The SMILES string of the molecule is CC(=O)N1CCC(CCNC(=O)N2C(=O)[C@]3(c4ccc(Cl)cc42)[C@H](CC(C)(C)C)CN[C@@H]3c2cccc(Cl)c2F)CC1. The van der Waals surface area contributed by atoms with Crippen LogP contribution >= 0.6 is 23.2 Å². The molecule has 3 aliphatic heterocycles. The lowest BCUT2D eigenvalue weighted by Gasteiger charge is -2.38. The zero-order valence-corrected chi connectivity index (χ0v) is 26.1. The molecule has 0 aliphatic carbocycles. The number of anilines is 1. The fourth-order valence-corrected chi connectivity index (χ4v) is 7.56. The lowest BCUT2D eigenvalue weighted by atomic mass is 9.63. The van der Waals surface area contributed by atoms with Crippen LogP contribution in [-0.4, -0.2) is 48.9 Å². The number of hydrogen-bond donors (Lipinski definition) is 2. The first-order chi connectivity index (χ1) is 19.8. The number of carbonyl (C=O) groups is 3. The molecule has 3 aliphatic rings. The van der Waals surface area contributed by atoms with E-state index < -0.39 is 29.2 Å². The first-order valence-electron chi connectivity index (χ1n) is 14.7. The van der Waals surface area contributed by atoms with E-state index in [2.05, 4.69) is 31.4 Å². The Labute approximate surface area is 257 Å². The van der Waals surface area contributed by atoms with E-state index in [1.807, 2.05) is 11.0 Å². The molecule has 0 saturated carbocycles. The maximum atomic E-state index is 15.6. The summed E-state index contributed by atoms with van der Waals surface area (Å²) in [6, 6.07) is 8.75. The van der Waals surface area contributed by atoms with Crippen LogP contribution in [0.2, 0.25) is 10.0 Å². The van der Waals surface area contributed by atoms with E-state index in [0.717, 1.165) is 32.4 Å². The summed E-state index contributed by atoms with van der Waals surface area (Å²) in [5.74, 6) is -0.723. The minimum absolute atomic E-state index is 0.0192. The van der Waals surface area contributed by atoms with Gasteiger partial charge in [-0.15, -0.1) is 0 Å². The van der Waals surface area contributed by atoms with Gasteiger partial charge >= 0.3 is 6.03 Å². The molecule has 0 unspecified atom stereocenters. The quantitative estimate of drug-likeness (QED) is 0.403. The van der Waals surface area contributed by atoms with E-state index in [9.17, 15) is 14.4 Å². The average Bonchev–Trinajstić information content (AvgIpc) is 3.40. The summed E-state index contributed by atoms with van der Waals surface area (Å²) in [4.78, 5) is 43.3. The lowest BCUT2D eigenvalue weighted by molar-refractivity contribution is -0.130. The third-order valence-electron chi connectivity index (χ3n) is 9.11. The molecule has 0 radical (unpaired) electrons. The fraction of sp³-hybridized carbons (Fsp3) is 0.531. The molecule has 2 N–H and O–H groups in total. The zero-order valence-electron chi connectivity index (χ0n) is 24.6. The molecule has 2 aromatic rings. The summed E-state index contributed by atoms with van der Waals surface area (Å²) in [6.45, 7) is 10.2. The lowest BCUT2D eigenvalue weighted by Crippen LogP contribution is -2.52. The highest BCUT2D eigenvalue weighted by Gasteiger charge is 2.65. The number of likely N-dealkylation sites (tertiary alicyclic amines) is 1. The van der Waals surface area contributed by atoms with E-state index in [0.29, 0.717) is 47.3 Å². The normalized spacial score (nSPS) is 24.4. The van der Waals surface area contributed by atoms with Crippen LogP contribution in [0.3, 0.4) is 0 Å². The van der Waals surface area contributed by atoms with Gasteiger partial charge in [0.1, 0.15) is 11.2 Å². The van der Waals surface area contributed by atoms with Crippen LogP contribution in [0.5, 0.6) is 0 Å². The third-order valence-corrected chi connectivity index (χ3v) is 9.64. The van der Waals surface area contributed by atoms with Gasteiger partial charge in [-0.2, -0.15) is 0 Å². The minimum atomic E-state index is -1.24. The number of fused-ring (bicyclic) bond motifs is 2. The van der Waals surface area contributed by atoms with Gasteiger partial charge in [0, 0.05) is 43.7 Å². The second kappa shape index (κ2) is 11.8. The number of urea groups is 1. The topological polar surface area (TPSA) is 81.8 Å². The number of piperidine rings is 1. The molecule has 10 heteroatoms. The van der Waals surface area contributed by atoms with Crippen LogP contribution in [0.25, 0.3) is 0 Å². The van der Waals surface area contributed by atoms with Gasteiger partial charge in [0.25, 0.3) is 0 Å². The van der Waals surface area contributed by atoms with Gasteiger partial charge in [-0.25, -0.2) is 14.1 Å². The van der Waals surface area contributed by atoms with Crippen LogP contribution in [0, 0.1) is 23.1 Å². The number of benzene rings is 2. The Hall–Kier alpha value is -2.68. The van der Waals surface area contributed by atoms with E-state index in [1.54, 1.807) is 31.2 Å². The molecule has 2 fully saturated rings. The van der Waals surface area contributed by atoms with Crippen molar-refractivity contribution >= 4 is 46.7 Å². The first-order valence-corrected chi connectivity index (χ1v) is 15.5. The van der Waals surface area contributed by atoms with Crippen LogP contribution in [0.4, 0.5) is 14.9 Å². The van der Waals surface area contributed by atoms with Gasteiger partial charge < -0.3 is 15.5 Å². The Morgan fingerprint density at radius 1 is 1.14 bits per heavy atom. The zero-order chi connectivity index (χ0) is 30.4. The van der Waals surface area contributed by atoms with Crippen LogP contribution in [-0.2, 0) is 15.0 Å². The largest absolute Gasteiger partial charge is 0.343 e. The van der Waals surface area contributed by atoms with Crippen molar-refractivity contribution in [2.75, 3.05) is 31.1 Å². The highest BCUT2D eigenvalue weighted by Crippen LogP contribution is 2.58. The molecule has 2 aromatic carbocycles. The molecular formula is C32H39Cl2FN4O3. The van der Waals surface area contributed by atoms with E-state index in [-0.39, 0.29) is 22.3 Å². The molecule has 1 spiro atoms. The summed E-state index contributed by atoms with van der Waals surface area (Å²) in [6.07, 6.45) is 3.18. The Morgan fingerprint density at radius 3 is 2.52 bits per heavy atom. The minimum Gasteiger partial charge on any atom is -0.343 e. The van der Waals surface area contributed by atoms with Crippen molar-refractivity contribution in [2.24, 2.45) is 17.3 Å². The molecule has 3 atom stereocenters. The van der Waals surface area contributed by atoms with Crippen LogP contribution in [0.15, 0.2) is 36.4 Å². The van der Waals surface area contributed by atoms with Crippen molar-refractivity contribution in [3.63, 3.8) is 0 Å². The number of imide groups is 1. The Balaban J connectivity index is 1.47. The van der Waals surface area contributed by atoms with Crippen molar-refractivity contribution in [2.45, 2.75) is 64.8 Å². The summed E-state index contributed by atoms with van der Waals surface area (Å²) >= 11 is 12.6. The number of carbonyl (C=O) groups excluding carboxylic acids is 3. The summed E-state index contributed by atoms with van der Waals surface area (Å²) < 4.78 is 15.6. The predicted molar refractivity (Wildman–Crippen MR) is 163 cm³/mol. The van der Waals surface area contributed by atoms with Crippen LogP contribution < -0.4 is 15.5 Å². The van der Waals surface area contributed by atoms with Crippen molar-refractivity contribution in [1.82, 2.24) is 15.5 Å². The molecule has 42 heavy (non-hydrogen) atoms. The van der Waals surface area contributed by atoms with E-state index >= 15 is 4.39 Å². The van der Waals surface area contributed by atoms with Crippen molar-refractivity contribution in [3.8, 4) is 0 Å². The molecule has 2 saturated heterocycles. The van der Waals surface area contributed by atoms with Gasteiger partial charge in [-0.1, -0.05) is 62.2 Å². The number of halogens is 3. The number of rotatable bonds is 5. The highest BCUT2D eigenvalue weighted by atomic mass is 35.5. The molecule has 3 heterocycles. The van der Waals surface area contributed by atoms with Gasteiger partial charge in [0.05, 0.1) is 16.8 Å². The molecule has 4 amide bonds. The third kappa shape index (κ3) is 5.53. The van der Waals surface area contributed by atoms with Crippen molar-refractivity contribution < 1.29 is 18.8 Å². The molecule has 7 nitrogen and oxygen atoms in total. The van der Waals surface area contributed by atoms with Gasteiger partial charge in [-0.3, -0.25) is 9.59 Å². The maximum Gasteiger partial charge on any atom is 0.328 e. The predicted octanol–water partition coefficient (Wildman–Crippen LogP) is 6.47. The van der Waals surface area contributed by atoms with Crippen molar-refractivity contribution in [1.29, 1.82) is 0 Å². The Morgan fingerprint density at radius 2 is 1.86 bits per heavy atom. The number of amides is 4. The van der Waals surface area contributed by atoms with Crippen molar-refractivity contribution in [3.05, 3.63) is 63.4 Å². The Bertz CT molecular complexity index is 1390. The van der Waals surface area contributed by atoms with Gasteiger partial charge in [-0.05, 0) is 66.7 Å². The summed E-state index contributed by atoms with van der Waals surface area (Å²) in [5, 5.41) is 6.80. The molecule has 0 bridgehead atoms. The first kappa shape index (κ1) is 30.8. The number of nitrogens with one attached hydrogen (secondary N) is 2. The van der Waals surface area contributed by atoms with E-state index in [1.165, 1.54) is 11.0 Å². The smallest absolute Gasteiger partial charge is 0.328 e. The Kier molecular flexibility index (Phi) is 8.63. The van der Waals surface area contributed by atoms with E-state index in [4.69, 9.17) is 23.2 Å².